The average Bonchev–Trinajstić information content (AvgIpc) is 2.16. The second-order valence-corrected chi connectivity index (χ2v) is 3.62. The van der Waals surface area contributed by atoms with Gasteiger partial charge in [0.1, 0.15) is 5.82 Å². The molecule has 0 bridgehead atoms. The van der Waals surface area contributed by atoms with Crippen LogP contribution in [-0.4, -0.2) is 0 Å². The van der Waals surface area contributed by atoms with E-state index >= 15 is 0 Å². The van der Waals surface area contributed by atoms with Gasteiger partial charge in [0.05, 0.1) is 5.56 Å². The molecule has 0 aliphatic heterocycles. The molecule has 1 nitrogen and oxygen atoms in total. The summed E-state index contributed by atoms with van der Waals surface area (Å²) in [7, 11) is 0. The van der Waals surface area contributed by atoms with Crippen molar-refractivity contribution in [2.75, 3.05) is 0 Å². The molecule has 1 rings (SSSR count). The van der Waals surface area contributed by atoms with Gasteiger partial charge in [0.15, 0.2) is 0 Å². The van der Waals surface area contributed by atoms with Gasteiger partial charge in [-0.1, -0.05) is 19.4 Å². The smallest absolute Gasteiger partial charge is 0.324 e. The molecule has 0 radical (unpaired) electrons. The normalized spacial score (nSPS) is 13.1. The molecule has 98 valence electrons. The number of hydrogen-bond acceptors (Lipinski definition) is 1. The Balaban J connectivity index is 0.00000256. The van der Waals surface area contributed by atoms with Gasteiger partial charge in [-0.05, 0) is 24.1 Å². The first-order valence-corrected chi connectivity index (χ1v) is 4.98. The van der Waals surface area contributed by atoms with E-state index in [0.29, 0.717) is 18.9 Å². The predicted molar refractivity (Wildman–Crippen MR) is 60.5 cm³/mol. The van der Waals surface area contributed by atoms with Gasteiger partial charge >= 0.3 is 6.18 Å². The summed E-state index contributed by atoms with van der Waals surface area (Å²) >= 11 is 0. The molecular weight excluding hydrogens is 258 g/mol. The van der Waals surface area contributed by atoms with Crippen molar-refractivity contribution in [3.63, 3.8) is 0 Å². The van der Waals surface area contributed by atoms with Crippen LogP contribution in [-0.2, 0) is 6.18 Å². The summed E-state index contributed by atoms with van der Waals surface area (Å²) < 4.78 is 50.6. The third kappa shape index (κ3) is 4.16. The largest absolute Gasteiger partial charge is 0.416 e. The van der Waals surface area contributed by atoms with E-state index in [-0.39, 0.29) is 18.0 Å². The van der Waals surface area contributed by atoms with E-state index in [0.717, 1.165) is 12.1 Å². The third-order valence-electron chi connectivity index (χ3n) is 2.32. The fraction of sp³-hybridized carbons (Fsp3) is 0.455. The summed E-state index contributed by atoms with van der Waals surface area (Å²) in [6.07, 6.45) is -3.45. The van der Waals surface area contributed by atoms with Gasteiger partial charge in [-0.2, -0.15) is 13.2 Å². The summed E-state index contributed by atoms with van der Waals surface area (Å²) in [4.78, 5) is 0. The van der Waals surface area contributed by atoms with Crippen molar-refractivity contribution in [2.45, 2.75) is 32.0 Å². The second kappa shape index (κ2) is 6.21. The molecule has 0 fully saturated rings. The minimum Gasteiger partial charge on any atom is -0.324 e. The van der Waals surface area contributed by atoms with E-state index in [9.17, 15) is 17.6 Å². The Kier molecular flexibility index (Phi) is 5.92. The van der Waals surface area contributed by atoms with Crippen LogP contribution >= 0.6 is 12.4 Å². The van der Waals surface area contributed by atoms with Crippen LogP contribution in [0.25, 0.3) is 0 Å². The van der Waals surface area contributed by atoms with Crippen molar-refractivity contribution in [2.24, 2.45) is 5.73 Å². The molecule has 1 aromatic rings. The van der Waals surface area contributed by atoms with Gasteiger partial charge in [0.2, 0.25) is 0 Å². The number of hydrogen-bond donors (Lipinski definition) is 1. The minimum absolute atomic E-state index is 0. The first-order chi connectivity index (χ1) is 7.36. The van der Waals surface area contributed by atoms with Crippen molar-refractivity contribution in [3.05, 3.63) is 35.1 Å². The Morgan fingerprint density at radius 1 is 1.29 bits per heavy atom. The fourth-order valence-corrected chi connectivity index (χ4v) is 1.56. The van der Waals surface area contributed by atoms with Gasteiger partial charge in [-0.3, -0.25) is 0 Å². The lowest BCUT2D eigenvalue weighted by atomic mass is 9.97. The first-order valence-electron chi connectivity index (χ1n) is 4.98. The zero-order valence-corrected chi connectivity index (χ0v) is 10.0. The van der Waals surface area contributed by atoms with Gasteiger partial charge in [-0.15, -0.1) is 12.4 Å². The van der Waals surface area contributed by atoms with Crippen molar-refractivity contribution in [1.29, 1.82) is 0 Å². The maximum Gasteiger partial charge on any atom is 0.416 e. The van der Waals surface area contributed by atoms with E-state index in [1.54, 1.807) is 0 Å². The van der Waals surface area contributed by atoms with Gasteiger partial charge in [0.25, 0.3) is 0 Å². The van der Waals surface area contributed by atoms with Crippen LogP contribution < -0.4 is 5.73 Å². The van der Waals surface area contributed by atoms with Crippen molar-refractivity contribution >= 4 is 12.4 Å². The van der Waals surface area contributed by atoms with Crippen LogP contribution in [0.2, 0.25) is 0 Å². The van der Waals surface area contributed by atoms with E-state index in [4.69, 9.17) is 5.73 Å². The summed E-state index contributed by atoms with van der Waals surface area (Å²) in [6.45, 7) is 1.83. The molecule has 0 aliphatic rings. The highest BCUT2D eigenvalue weighted by atomic mass is 35.5. The Morgan fingerprint density at radius 3 is 2.35 bits per heavy atom. The lowest BCUT2D eigenvalue weighted by Gasteiger charge is -2.17. The Hall–Kier alpha value is -0.810. The van der Waals surface area contributed by atoms with Gasteiger partial charge in [0, 0.05) is 6.04 Å². The molecule has 1 atom stereocenters. The maximum absolute atomic E-state index is 12.8. The van der Waals surface area contributed by atoms with Crippen LogP contribution in [0.1, 0.15) is 36.9 Å². The monoisotopic (exact) mass is 271 g/mol. The Labute approximate surface area is 103 Å². The summed E-state index contributed by atoms with van der Waals surface area (Å²) in [5.41, 5.74) is 4.61. The highest BCUT2D eigenvalue weighted by Crippen LogP contribution is 2.35. The lowest BCUT2D eigenvalue weighted by Crippen LogP contribution is -2.17. The fourth-order valence-electron chi connectivity index (χ4n) is 1.56. The molecule has 6 heteroatoms. The molecule has 2 N–H and O–H groups in total. The van der Waals surface area contributed by atoms with Crippen molar-refractivity contribution in [1.82, 2.24) is 0 Å². The minimum atomic E-state index is -4.57. The Morgan fingerprint density at radius 2 is 1.88 bits per heavy atom. The van der Waals surface area contributed by atoms with Crippen LogP contribution in [0.15, 0.2) is 18.2 Å². The number of halogens is 5. The average molecular weight is 272 g/mol. The number of nitrogens with two attached hydrogens (primary N) is 1. The maximum atomic E-state index is 12.8. The SMILES string of the molecule is CCC[C@H](N)c1ccc(F)cc1C(F)(F)F.Cl. The first kappa shape index (κ1) is 16.2. The molecule has 0 spiro atoms. The van der Waals surface area contributed by atoms with Crippen molar-refractivity contribution < 1.29 is 17.6 Å². The molecule has 0 aliphatic carbocycles. The van der Waals surface area contributed by atoms with E-state index < -0.39 is 23.6 Å². The molecule has 0 amide bonds. The van der Waals surface area contributed by atoms with Crippen LogP contribution in [0, 0.1) is 5.82 Å². The van der Waals surface area contributed by atoms with E-state index in [1.165, 1.54) is 0 Å². The lowest BCUT2D eigenvalue weighted by molar-refractivity contribution is -0.138. The number of alkyl halides is 3. The molecule has 0 aromatic heterocycles. The highest BCUT2D eigenvalue weighted by molar-refractivity contribution is 5.85. The Bertz CT molecular complexity index is 365. The van der Waals surface area contributed by atoms with Gasteiger partial charge in [-0.25, -0.2) is 4.39 Å². The van der Waals surface area contributed by atoms with E-state index in [2.05, 4.69) is 0 Å². The van der Waals surface area contributed by atoms with Crippen LogP contribution in [0.3, 0.4) is 0 Å². The summed E-state index contributed by atoms with van der Waals surface area (Å²) in [5.74, 6) is -0.903. The zero-order chi connectivity index (χ0) is 12.3. The summed E-state index contributed by atoms with van der Waals surface area (Å²) in [6, 6.07) is 1.89. The molecule has 0 unspecified atom stereocenters. The molecule has 0 saturated heterocycles. The molecule has 1 aromatic carbocycles. The number of benzene rings is 1. The number of rotatable bonds is 3. The summed E-state index contributed by atoms with van der Waals surface area (Å²) in [5, 5.41) is 0. The predicted octanol–water partition coefficient (Wildman–Crippen LogP) is 4.07. The van der Waals surface area contributed by atoms with Gasteiger partial charge < -0.3 is 5.73 Å². The van der Waals surface area contributed by atoms with E-state index in [1.807, 2.05) is 6.92 Å². The second-order valence-electron chi connectivity index (χ2n) is 3.62. The topological polar surface area (TPSA) is 26.0 Å². The van der Waals surface area contributed by atoms with Crippen LogP contribution in [0.5, 0.6) is 0 Å². The molecule has 17 heavy (non-hydrogen) atoms. The molecular formula is C11H14ClF4N. The molecule has 0 heterocycles. The van der Waals surface area contributed by atoms with Crippen LogP contribution in [0.4, 0.5) is 17.6 Å². The van der Waals surface area contributed by atoms with Crippen molar-refractivity contribution in [3.8, 4) is 0 Å². The zero-order valence-electron chi connectivity index (χ0n) is 9.22. The quantitative estimate of drug-likeness (QED) is 0.824. The third-order valence-corrected chi connectivity index (χ3v) is 2.32. The molecule has 0 saturated carbocycles. The standard InChI is InChI=1S/C11H13F4N.ClH/c1-2-3-10(16)8-5-4-7(12)6-9(8)11(13,14)15;/h4-6,10H,2-3,16H2,1H3;1H/t10-;/m0./s1. The highest BCUT2D eigenvalue weighted by Gasteiger charge is 2.34.